The maximum atomic E-state index is 11.8. The topological polar surface area (TPSA) is 26.3 Å². The first-order chi connectivity index (χ1) is 7.06. The van der Waals surface area contributed by atoms with E-state index < -0.39 is 6.10 Å². The average Bonchev–Trinajstić information content (AvgIpc) is 2.21. The van der Waals surface area contributed by atoms with E-state index >= 15 is 0 Å². The van der Waals surface area contributed by atoms with E-state index in [0.717, 1.165) is 5.56 Å². The Kier molecular flexibility index (Phi) is 4.30. The van der Waals surface area contributed by atoms with E-state index in [9.17, 15) is 4.79 Å². The predicted octanol–water partition coefficient (Wildman–Crippen LogP) is 3.26. The first-order valence-electron chi connectivity index (χ1n) is 4.98. The van der Waals surface area contributed by atoms with Gasteiger partial charge in [-0.3, -0.25) is 4.79 Å². The number of aryl methyl sites for hydroxylation is 1. The smallest absolute Gasteiger partial charge is 0.191 e. The number of ketones is 1. The largest absolute Gasteiger partial charge is 0.371 e. The SMILES string of the molecule is CCOC(C)C(=O)c1ccc(C)c(Cl)c1. The van der Waals surface area contributed by atoms with Gasteiger partial charge in [0.25, 0.3) is 0 Å². The van der Waals surface area contributed by atoms with Gasteiger partial charge < -0.3 is 4.74 Å². The van der Waals surface area contributed by atoms with Gasteiger partial charge in [-0.1, -0.05) is 23.7 Å². The highest BCUT2D eigenvalue weighted by atomic mass is 35.5. The zero-order valence-corrected chi connectivity index (χ0v) is 9.97. The lowest BCUT2D eigenvalue weighted by Crippen LogP contribution is -2.20. The summed E-state index contributed by atoms with van der Waals surface area (Å²) in [6.45, 7) is 6.06. The average molecular weight is 227 g/mol. The quantitative estimate of drug-likeness (QED) is 0.737. The Morgan fingerprint density at radius 3 is 2.73 bits per heavy atom. The highest BCUT2D eigenvalue weighted by Crippen LogP contribution is 2.18. The molecule has 0 heterocycles. The van der Waals surface area contributed by atoms with Gasteiger partial charge in [-0.2, -0.15) is 0 Å². The lowest BCUT2D eigenvalue weighted by Gasteiger charge is -2.10. The van der Waals surface area contributed by atoms with E-state index in [-0.39, 0.29) is 5.78 Å². The molecule has 0 amide bonds. The van der Waals surface area contributed by atoms with Crippen molar-refractivity contribution in [1.29, 1.82) is 0 Å². The fourth-order valence-corrected chi connectivity index (χ4v) is 1.49. The summed E-state index contributed by atoms with van der Waals surface area (Å²) in [5, 5.41) is 0.615. The fourth-order valence-electron chi connectivity index (χ4n) is 1.31. The van der Waals surface area contributed by atoms with Gasteiger partial charge in [-0.05, 0) is 32.4 Å². The Hall–Kier alpha value is -0.860. The van der Waals surface area contributed by atoms with Gasteiger partial charge in [0.05, 0.1) is 0 Å². The van der Waals surface area contributed by atoms with Crippen molar-refractivity contribution < 1.29 is 9.53 Å². The molecule has 0 aliphatic heterocycles. The molecule has 1 aromatic rings. The van der Waals surface area contributed by atoms with Crippen LogP contribution < -0.4 is 0 Å². The lowest BCUT2D eigenvalue weighted by atomic mass is 10.1. The van der Waals surface area contributed by atoms with Crippen molar-refractivity contribution in [2.24, 2.45) is 0 Å². The number of halogens is 1. The Morgan fingerprint density at radius 2 is 2.20 bits per heavy atom. The number of carbonyl (C=O) groups excluding carboxylic acids is 1. The second-order valence-corrected chi connectivity index (χ2v) is 3.83. The molecule has 0 spiro atoms. The maximum absolute atomic E-state index is 11.8. The molecule has 82 valence electrons. The van der Waals surface area contributed by atoms with Crippen LogP contribution in [0.1, 0.15) is 29.8 Å². The molecular weight excluding hydrogens is 212 g/mol. The van der Waals surface area contributed by atoms with Crippen LogP contribution in [0.25, 0.3) is 0 Å². The normalized spacial score (nSPS) is 12.5. The van der Waals surface area contributed by atoms with Crippen molar-refractivity contribution in [3.8, 4) is 0 Å². The molecule has 0 radical (unpaired) electrons. The zero-order valence-electron chi connectivity index (χ0n) is 9.21. The minimum absolute atomic E-state index is 0.0289. The van der Waals surface area contributed by atoms with E-state index in [1.54, 1.807) is 19.1 Å². The van der Waals surface area contributed by atoms with Crippen molar-refractivity contribution in [2.75, 3.05) is 6.61 Å². The third-order valence-electron chi connectivity index (χ3n) is 2.24. The predicted molar refractivity (Wildman–Crippen MR) is 61.6 cm³/mol. The minimum atomic E-state index is -0.409. The first-order valence-corrected chi connectivity index (χ1v) is 5.36. The Morgan fingerprint density at radius 1 is 1.53 bits per heavy atom. The number of hydrogen-bond donors (Lipinski definition) is 0. The molecule has 1 atom stereocenters. The summed E-state index contributed by atoms with van der Waals surface area (Å²) in [4.78, 5) is 11.8. The van der Waals surface area contributed by atoms with Crippen LogP contribution in [-0.4, -0.2) is 18.5 Å². The Labute approximate surface area is 95.2 Å². The molecule has 0 aliphatic rings. The highest BCUT2D eigenvalue weighted by molar-refractivity contribution is 6.31. The molecule has 0 aliphatic carbocycles. The molecule has 0 N–H and O–H groups in total. The summed E-state index contributed by atoms with van der Waals surface area (Å²) >= 11 is 5.95. The first kappa shape index (κ1) is 12.2. The van der Waals surface area contributed by atoms with Crippen molar-refractivity contribution in [2.45, 2.75) is 26.9 Å². The number of rotatable bonds is 4. The van der Waals surface area contributed by atoms with Crippen LogP contribution in [0, 0.1) is 6.92 Å². The van der Waals surface area contributed by atoms with Gasteiger partial charge in [0.1, 0.15) is 6.10 Å². The minimum Gasteiger partial charge on any atom is -0.371 e. The molecular formula is C12H15ClO2. The lowest BCUT2D eigenvalue weighted by molar-refractivity contribution is 0.0520. The van der Waals surface area contributed by atoms with Crippen molar-refractivity contribution in [3.05, 3.63) is 34.3 Å². The van der Waals surface area contributed by atoms with Gasteiger partial charge in [-0.15, -0.1) is 0 Å². The third kappa shape index (κ3) is 3.05. The maximum Gasteiger partial charge on any atom is 0.191 e. The van der Waals surface area contributed by atoms with E-state index in [1.807, 2.05) is 19.9 Å². The highest BCUT2D eigenvalue weighted by Gasteiger charge is 2.15. The van der Waals surface area contributed by atoms with Crippen LogP contribution in [0.2, 0.25) is 5.02 Å². The van der Waals surface area contributed by atoms with Gasteiger partial charge in [0.2, 0.25) is 0 Å². The van der Waals surface area contributed by atoms with E-state index in [2.05, 4.69) is 0 Å². The Balaban J connectivity index is 2.87. The third-order valence-corrected chi connectivity index (χ3v) is 2.65. The standard InChI is InChI=1S/C12H15ClO2/c1-4-15-9(3)12(14)10-6-5-8(2)11(13)7-10/h5-7,9H,4H2,1-3H3. The molecule has 1 rings (SSSR count). The summed E-state index contributed by atoms with van der Waals surface area (Å²) in [6, 6.07) is 5.31. The van der Waals surface area contributed by atoms with Crippen molar-refractivity contribution in [1.82, 2.24) is 0 Å². The Bertz CT molecular complexity index is 361. The van der Waals surface area contributed by atoms with Crippen LogP contribution in [-0.2, 0) is 4.74 Å². The monoisotopic (exact) mass is 226 g/mol. The summed E-state index contributed by atoms with van der Waals surface area (Å²) in [6.07, 6.45) is -0.409. The van der Waals surface area contributed by atoms with Crippen molar-refractivity contribution in [3.63, 3.8) is 0 Å². The molecule has 1 aromatic carbocycles. The van der Waals surface area contributed by atoms with Gasteiger partial charge in [-0.25, -0.2) is 0 Å². The molecule has 0 saturated carbocycles. The molecule has 2 nitrogen and oxygen atoms in total. The zero-order chi connectivity index (χ0) is 11.4. The number of benzene rings is 1. The van der Waals surface area contributed by atoms with Crippen molar-refractivity contribution >= 4 is 17.4 Å². The fraction of sp³-hybridized carbons (Fsp3) is 0.417. The molecule has 3 heteroatoms. The van der Waals surface area contributed by atoms with Crippen LogP contribution >= 0.6 is 11.6 Å². The molecule has 15 heavy (non-hydrogen) atoms. The number of carbonyl (C=O) groups is 1. The van der Waals surface area contributed by atoms with Crippen LogP contribution in [0.3, 0.4) is 0 Å². The van der Waals surface area contributed by atoms with Gasteiger partial charge in [0, 0.05) is 17.2 Å². The summed E-state index contributed by atoms with van der Waals surface area (Å²) in [5.74, 6) is -0.0289. The summed E-state index contributed by atoms with van der Waals surface area (Å²) in [5.41, 5.74) is 1.57. The van der Waals surface area contributed by atoms with Gasteiger partial charge >= 0.3 is 0 Å². The van der Waals surface area contributed by atoms with Crippen LogP contribution in [0.5, 0.6) is 0 Å². The molecule has 0 fully saturated rings. The van der Waals surface area contributed by atoms with E-state index in [0.29, 0.717) is 17.2 Å². The number of ether oxygens (including phenoxy) is 1. The molecule has 1 unspecified atom stereocenters. The molecule has 0 saturated heterocycles. The van der Waals surface area contributed by atoms with Crippen LogP contribution in [0.15, 0.2) is 18.2 Å². The summed E-state index contributed by atoms with van der Waals surface area (Å²) in [7, 11) is 0. The summed E-state index contributed by atoms with van der Waals surface area (Å²) < 4.78 is 5.24. The number of hydrogen-bond acceptors (Lipinski definition) is 2. The second-order valence-electron chi connectivity index (χ2n) is 3.43. The van der Waals surface area contributed by atoms with E-state index in [1.165, 1.54) is 0 Å². The molecule has 0 aromatic heterocycles. The second kappa shape index (κ2) is 5.29. The number of Topliss-reactive ketones (excluding diaryl/α,β-unsaturated/α-hetero) is 1. The van der Waals surface area contributed by atoms with Crippen LogP contribution in [0.4, 0.5) is 0 Å². The van der Waals surface area contributed by atoms with E-state index in [4.69, 9.17) is 16.3 Å². The van der Waals surface area contributed by atoms with Gasteiger partial charge in [0.15, 0.2) is 5.78 Å². The molecule has 0 bridgehead atoms.